The first-order valence-corrected chi connectivity index (χ1v) is 6.41. The summed E-state index contributed by atoms with van der Waals surface area (Å²) in [6.45, 7) is 3.84. The van der Waals surface area contributed by atoms with Gasteiger partial charge in [0.2, 0.25) is 0 Å². The summed E-state index contributed by atoms with van der Waals surface area (Å²) in [6.07, 6.45) is 1.82. The lowest BCUT2D eigenvalue weighted by Gasteiger charge is -2.32. The molecule has 4 radical (unpaired) electrons. The predicted octanol–water partition coefficient (Wildman–Crippen LogP) is 0.245. The van der Waals surface area contributed by atoms with Crippen LogP contribution >= 0.6 is 9.24 Å². The largest absolute Gasteiger partial charge is 0.508 e. The van der Waals surface area contributed by atoms with E-state index < -0.39 is 0 Å². The fourth-order valence-corrected chi connectivity index (χ4v) is 2.45. The van der Waals surface area contributed by atoms with Crippen molar-refractivity contribution >= 4 is 35.9 Å². The molecule has 0 saturated heterocycles. The van der Waals surface area contributed by atoms with Gasteiger partial charge < -0.3 is 9.84 Å². The highest BCUT2D eigenvalue weighted by Crippen LogP contribution is 2.30. The van der Waals surface area contributed by atoms with Gasteiger partial charge >= 0.3 is 0 Å². The molecule has 1 aliphatic rings. The first-order valence-electron chi connectivity index (χ1n) is 5.75. The summed E-state index contributed by atoms with van der Waals surface area (Å²) in [5.74, 6) is 0.741. The van der Waals surface area contributed by atoms with Crippen molar-refractivity contribution in [2.75, 3.05) is 0 Å². The smallest absolute Gasteiger partial charge is 0.119 e. The Morgan fingerprint density at radius 2 is 2.06 bits per heavy atom. The maximum absolute atomic E-state index is 9.85. The molecule has 3 atom stereocenters. The summed E-state index contributed by atoms with van der Waals surface area (Å²) in [5, 5.41) is 9.85. The Morgan fingerprint density at radius 3 is 2.65 bits per heavy atom. The second kappa shape index (κ2) is 4.57. The zero-order chi connectivity index (χ0) is 12.7. The van der Waals surface area contributed by atoms with E-state index in [0.29, 0.717) is 27.9 Å². The molecule has 1 aromatic carbocycles. The molecule has 2 nitrogen and oxygen atoms in total. The first kappa shape index (κ1) is 12.8. The predicted molar refractivity (Wildman–Crippen MR) is 75.5 cm³/mol. The number of ether oxygens (including phenoxy) is 1. The maximum atomic E-state index is 9.85. The quantitative estimate of drug-likeness (QED) is 0.566. The number of hydrogen-bond acceptors (Lipinski definition) is 2. The molecular formula is C12H15B2O2P. The molecule has 0 fully saturated rings. The first-order chi connectivity index (χ1) is 7.93. The molecule has 0 aliphatic carbocycles. The molecule has 86 valence electrons. The van der Waals surface area contributed by atoms with Crippen LogP contribution in [0.4, 0.5) is 0 Å². The van der Waals surface area contributed by atoms with E-state index in [2.05, 4.69) is 16.2 Å². The van der Waals surface area contributed by atoms with E-state index in [0.717, 1.165) is 18.4 Å². The third-order valence-electron chi connectivity index (χ3n) is 3.39. The van der Waals surface area contributed by atoms with Gasteiger partial charge in [-0.1, -0.05) is 6.92 Å². The van der Waals surface area contributed by atoms with Gasteiger partial charge in [0.15, 0.2) is 0 Å². The van der Waals surface area contributed by atoms with Gasteiger partial charge in [-0.25, -0.2) is 0 Å². The van der Waals surface area contributed by atoms with Gasteiger partial charge in [0.1, 0.15) is 33.3 Å². The van der Waals surface area contributed by atoms with Crippen molar-refractivity contribution in [3.8, 4) is 11.5 Å². The van der Waals surface area contributed by atoms with Gasteiger partial charge in [-0.2, -0.15) is 0 Å². The number of phenols is 1. The van der Waals surface area contributed by atoms with Crippen LogP contribution in [-0.2, 0) is 6.42 Å². The molecule has 0 bridgehead atoms. The monoisotopic (exact) mass is 244 g/mol. The van der Waals surface area contributed by atoms with E-state index in [1.807, 2.05) is 0 Å². The molecule has 1 N–H and O–H groups in total. The second-order valence-electron chi connectivity index (χ2n) is 4.66. The number of benzene rings is 1. The van der Waals surface area contributed by atoms with Crippen LogP contribution in [0.3, 0.4) is 0 Å². The van der Waals surface area contributed by atoms with Gasteiger partial charge in [0.05, 0.1) is 0 Å². The molecule has 0 spiro atoms. The fraction of sp³-hybridized carbons (Fsp3) is 0.500. The van der Waals surface area contributed by atoms with Crippen LogP contribution in [0.2, 0.25) is 0 Å². The third-order valence-corrected chi connectivity index (χ3v) is 3.82. The van der Waals surface area contributed by atoms with Crippen LogP contribution in [0.15, 0.2) is 0 Å². The topological polar surface area (TPSA) is 29.5 Å². The van der Waals surface area contributed by atoms with Crippen LogP contribution in [-0.4, -0.2) is 32.6 Å². The van der Waals surface area contributed by atoms with Gasteiger partial charge in [0.25, 0.3) is 0 Å². The van der Waals surface area contributed by atoms with Gasteiger partial charge in [0, 0.05) is 5.66 Å². The third kappa shape index (κ3) is 2.08. The molecule has 1 aliphatic heterocycles. The average molecular weight is 244 g/mol. The van der Waals surface area contributed by atoms with Crippen LogP contribution < -0.4 is 15.7 Å². The second-order valence-corrected chi connectivity index (χ2v) is 5.71. The summed E-state index contributed by atoms with van der Waals surface area (Å²) in [5.41, 5.74) is 2.70. The summed E-state index contributed by atoms with van der Waals surface area (Å²) in [4.78, 5) is 0. The molecule has 2 rings (SSSR count). The molecule has 1 heterocycles. The molecule has 3 unspecified atom stereocenters. The maximum Gasteiger partial charge on any atom is 0.119 e. The van der Waals surface area contributed by atoms with Crippen molar-refractivity contribution in [2.24, 2.45) is 0 Å². The number of phenolic OH excluding ortho intramolecular Hbond substituents is 1. The van der Waals surface area contributed by atoms with E-state index in [9.17, 15) is 5.11 Å². The Morgan fingerprint density at radius 1 is 1.41 bits per heavy atom. The lowest BCUT2D eigenvalue weighted by atomic mass is 9.77. The Hall–Kier alpha value is -0.620. The minimum Gasteiger partial charge on any atom is -0.508 e. The lowest BCUT2D eigenvalue weighted by molar-refractivity contribution is 0.176. The normalized spacial score (nSPS) is 20.5. The average Bonchev–Trinajstić information content (AvgIpc) is 2.32. The number of hydrogen-bond donors (Lipinski definition) is 1. The number of rotatable bonds is 1. The zero-order valence-electron chi connectivity index (χ0n) is 10.2. The molecule has 17 heavy (non-hydrogen) atoms. The van der Waals surface area contributed by atoms with E-state index >= 15 is 0 Å². The minimum atomic E-state index is 0.0854. The summed E-state index contributed by atoms with van der Waals surface area (Å²) < 4.78 is 5.90. The van der Waals surface area contributed by atoms with Gasteiger partial charge in [-0.15, -0.1) is 9.24 Å². The number of aromatic hydroxyl groups is 1. The highest BCUT2D eigenvalue weighted by Gasteiger charge is 2.26. The standard InChI is InChI=1S/C12H15B2O2P/c1-5-9(13)12-7(10(14)11(5)15)3-4-8(16-12)6(2)17/h6,8,15H,3-4,17H2,1-2H3. The van der Waals surface area contributed by atoms with Crippen LogP contribution in [0.5, 0.6) is 11.5 Å². The van der Waals surface area contributed by atoms with E-state index in [1.165, 1.54) is 0 Å². The fourth-order valence-electron chi connectivity index (χ4n) is 2.18. The Bertz CT molecular complexity index is 461. The van der Waals surface area contributed by atoms with Crippen LogP contribution in [0, 0.1) is 6.92 Å². The molecule has 5 heteroatoms. The summed E-state index contributed by atoms with van der Waals surface area (Å²) >= 11 is 0. The van der Waals surface area contributed by atoms with E-state index in [4.69, 9.17) is 20.4 Å². The molecule has 0 amide bonds. The molecule has 1 aromatic rings. The van der Waals surface area contributed by atoms with Crippen molar-refractivity contribution in [3.63, 3.8) is 0 Å². The highest BCUT2D eigenvalue weighted by molar-refractivity contribution is 7.17. The van der Waals surface area contributed by atoms with E-state index in [-0.39, 0.29) is 11.9 Å². The van der Waals surface area contributed by atoms with Crippen molar-refractivity contribution in [3.05, 3.63) is 11.1 Å². The minimum absolute atomic E-state index is 0.0854. The SMILES string of the molecule is [B]c1c(O)c(C)c([B])c2c1CCC(C(C)P)O2. The Kier molecular flexibility index (Phi) is 3.45. The Balaban J connectivity index is 2.51. The number of fused-ring (bicyclic) bond motifs is 1. The van der Waals surface area contributed by atoms with Gasteiger partial charge in [-0.3, -0.25) is 0 Å². The lowest BCUT2D eigenvalue weighted by Crippen LogP contribution is -2.36. The molecule has 0 saturated carbocycles. The van der Waals surface area contributed by atoms with Crippen LogP contribution in [0.1, 0.15) is 24.5 Å². The van der Waals surface area contributed by atoms with Crippen molar-refractivity contribution in [1.29, 1.82) is 0 Å². The molecule has 0 aromatic heterocycles. The van der Waals surface area contributed by atoms with Crippen molar-refractivity contribution in [1.82, 2.24) is 0 Å². The summed E-state index contributed by atoms with van der Waals surface area (Å²) in [7, 11) is 14.6. The Labute approximate surface area is 107 Å². The zero-order valence-corrected chi connectivity index (χ0v) is 11.3. The molecular weight excluding hydrogens is 229 g/mol. The van der Waals surface area contributed by atoms with Crippen molar-refractivity contribution < 1.29 is 9.84 Å². The van der Waals surface area contributed by atoms with Gasteiger partial charge in [-0.05, 0) is 41.8 Å². The highest BCUT2D eigenvalue weighted by atomic mass is 31.0. The van der Waals surface area contributed by atoms with E-state index in [1.54, 1.807) is 6.92 Å². The van der Waals surface area contributed by atoms with Crippen LogP contribution in [0.25, 0.3) is 0 Å². The van der Waals surface area contributed by atoms with Crippen molar-refractivity contribution in [2.45, 2.75) is 38.5 Å². The summed E-state index contributed by atoms with van der Waals surface area (Å²) in [6, 6.07) is 0.